The van der Waals surface area contributed by atoms with Crippen molar-refractivity contribution in [1.82, 2.24) is 0 Å². The summed E-state index contributed by atoms with van der Waals surface area (Å²) in [5, 5.41) is 0. The number of rotatable bonds is 3. The van der Waals surface area contributed by atoms with E-state index in [1.165, 1.54) is 6.08 Å². The largest absolute Gasteiger partial charge is 0.245 e. The maximum Gasteiger partial charge on any atom is 0.0624 e. The van der Waals surface area contributed by atoms with Gasteiger partial charge in [-0.25, -0.2) is 19.6 Å². The van der Waals surface area contributed by atoms with Crippen LogP contribution in [0.5, 0.6) is 0 Å². The molecule has 0 N–H and O–H groups in total. The minimum Gasteiger partial charge on any atom is -0.245 e. The van der Waals surface area contributed by atoms with E-state index in [4.69, 9.17) is 0 Å². The topological polar surface area (TPSA) is 0 Å². The molecule has 98 valence electrons. The molecule has 0 unspecified atom stereocenters. The molecule has 0 spiro atoms. The van der Waals surface area contributed by atoms with Gasteiger partial charge in [0, 0.05) is 28.3 Å². The van der Waals surface area contributed by atoms with E-state index in [9.17, 15) is 0 Å². The molecule has 0 aliphatic rings. The third kappa shape index (κ3) is 15.2. The van der Waals surface area contributed by atoms with E-state index in [2.05, 4.69) is 55.0 Å². The second kappa shape index (κ2) is 15.2. The first-order valence-corrected chi connectivity index (χ1v) is 6.88. The Morgan fingerprint density at radius 2 is 1.07 bits per heavy atom. The van der Waals surface area contributed by atoms with E-state index in [0.717, 1.165) is 17.0 Å². The molecule has 0 aromatic rings. The minimum absolute atomic E-state index is 0. The Morgan fingerprint density at radius 1 is 0.933 bits per heavy atom. The standard InChI is InChI=1S/C9H21P.C3H5.BrH.Pd/c1-7(2)10(8(3)4)9(5)6;1-3-2;;/h7-9H,1-6H3;3H,1-2H2;1H;/q;-1;;/p+1. The summed E-state index contributed by atoms with van der Waals surface area (Å²) >= 11 is 0. The smallest absolute Gasteiger partial charge is 0.0624 e. The predicted octanol–water partition coefficient (Wildman–Crippen LogP) is 5.01. The Bertz CT molecular complexity index is 106. The molecular weight excluding hydrogens is 361 g/mol. The summed E-state index contributed by atoms with van der Waals surface area (Å²) in [6, 6.07) is 0. The Kier molecular flexibility index (Phi) is 25.4. The molecule has 15 heavy (non-hydrogen) atoms. The van der Waals surface area contributed by atoms with Gasteiger partial charge in [0.05, 0.1) is 17.0 Å². The van der Waals surface area contributed by atoms with Crippen molar-refractivity contribution in [2.75, 3.05) is 0 Å². The van der Waals surface area contributed by atoms with Crippen LogP contribution in [0.25, 0.3) is 0 Å². The fourth-order valence-corrected chi connectivity index (χ4v) is 6.00. The van der Waals surface area contributed by atoms with Gasteiger partial charge in [0.25, 0.3) is 0 Å². The molecule has 0 bridgehead atoms. The summed E-state index contributed by atoms with van der Waals surface area (Å²) in [7, 11) is -0.0957. The van der Waals surface area contributed by atoms with Gasteiger partial charge in [0.1, 0.15) is 0 Å². The van der Waals surface area contributed by atoms with Crippen molar-refractivity contribution in [1.29, 1.82) is 0 Å². The van der Waals surface area contributed by atoms with E-state index in [1.54, 1.807) is 0 Å². The predicted molar refractivity (Wildman–Crippen MR) is 79.6 cm³/mol. The fraction of sp³-hybridized carbons (Fsp3) is 0.750. The van der Waals surface area contributed by atoms with Gasteiger partial charge in [-0.3, -0.25) is 0 Å². The SMILES string of the molecule is Br.C=C[CH2-].CC(C)[PH+](C(C)C)C(C)C.[Pd]. The van der Waals surface area contributed by atoms with E-state index in [-0.39, 0.29) is 45.3 Å². The zero-order valence-corrected chi connectivity index (χ0v) is 15.2. The van der Waals surface area contributed by atoms with Crippen LogP contribution >= 0.6 is 24.9 Å². The van der Waals surface area contributed by atoms with Crippen molar-refractivity contribution in [3.8, 4) is 0 Å². The summed E-state index contributed by atoms with van der Waals surface area (Å²) in [6.45, 7) is 20.7. The zero-order chi connectivity index (χ0) is 11.0. The van der Waals surface area contributed by atoms with E-state index in [1.807, 2.05) is 0 Å². The zero-order valence-electron chi connectivity index (χ0n) is 10.9. The Labute approximate surface area is 123 Å². The van der Waals surface area contributed by atoms with Crippen molar-refractivity contribution in [2.45, 2.75) is 58.5 Å². The van der Waals surface area contributed by atoms with Crippen LogP contribution in [0.4, 0.5) is 0 Å². The third-order valence-electron chi connectivity index (χ3n) is 2.00. The van der Waals surface area contributed by atoms with Crippen LogP contribution in [-0.2, 0) is 20.4 Å². The average molecular weight is 390 g/mol. The Balaban J connectivity index is -0.000000108. The molecule has 0 aromatic heterocycles. The monoisotopic (exact) mass is 388 g/mol. The quantitative estimate of drug-likeness (QED) is 0.362. The van der Waals surface area contributed by atoms with Gasteiger partial charge in [0.2, 0.25) is 0 Å². The third-order valence-corrected chi connectivity index (χ3v) is 6.00. The second-order valence-corrected chi connectivity index (χ2v) is 8.72. The molecule has 0 amide bonds. The first-order valence-electron chi connectivity index (χ1n) is 5.15. The van der Waals surface area contributed by atoms with E-state index < -0.39 is 0 Å². The average Bonchev–Trinajstić information content (AvgIpc) is 1.84. The molecule has 0 saturated carbocycles. The van der Waals surface area contributed by atoms with Gasteiger partial charge in [-0.05, 0) is 41.5 Å². The number of hydrogen-bond acceptors (Lipinski definition) is 0. The molecular formula is C12H28BrPPd. The maximum absolute atomic E-state index is 3.25. The molecule has 0 atom stereocenters. The molecule has 0 heterocycles. The first-order chi connectivity index (χ1) is 5.88. The van der Waals surface area contributed by atoms with Crippen LogP contribution in [0.15, 0.2) is 12.7 Å². The summed E-state index contributed by atoms with van der Waals surface area (Å²) in [5.74, 6) is 0. The summed E-state index contributed by atoms with van der Waals surface area (Å²) in [5.41, 5.74) is 2.81. The fourth-order valence-electron chi connectivity index (χ4n) is 2.00. The van der Waals surface area contributed by atoms with Gasteiger partial charge < -0.3 is 0 Å². The molecule has 0 aliphatic heterocycles. The molecule has 0 aliphatic carbocycles. The van der Waals surface area contributed by atoms with E-state index in [0.29, 0.717) is 0 Å². The van der Waals surface area contributed by atoms with Crippen molar-refractivity contribution < 1.29 is 20.4 Å². The second-order valence-electron chi connectivity index (χ2n) is 4.25. The van der Waals surface area contributed by atoms with Crippen molar-refractivity contribution in [2.24, 2.45) is 0 Å². The van der Waals surface area contributed by atoms with Crippen LogP contribution < -0.4 is 0 Å². The van der Waals surface area contributed by atoms with Crippen LogP contribution in [0, 0.1) is 6.92 Å². The molecule has 3 heteroatoms. The number of halogens is 1. The molecule has 0 fully saturated rings. The van der Waals surface area contributed by atoms with Crippen LogP contribution in [0.3, 0.4) is 0 Å². The van der Waals surface area contributed by atoms with Crippen LogP contribution in [0.2, 0.25) is 0 Å². The first kappa shape index (κ1) is 25.1. The molecule has 0 rings (SSSR count). The minimum atomic E-state index is -0.0957. The van der Waals surface area contributed by atoms with Crippen molar-refractivity contribution in [3.63, 3.8) is 0 Å². The summed E-state index contributed by atoms with van der Waals surface area (Å²) in [6.07, 6.45) is 1.50. The van der Waals surface area contributed by atoms with Gasteiger partial charge in [-0.15, -0.1) is 17.0 Å². The van der Waals surface area contributed by atoms with Crippen molar-refractivity contribution >= 4 is 24.9 Å². The van der Waals surface area contributed by atoms with Crippen molar-refractivity contribution in [3.05, 3.63) is 19.6 Å². The van der Waals surface area contributed by atoms with Gasteiger partial charge in [-0.2, -0.15) is 0 Å². The van der Waals surface area contributed by atoms with Gasteiger partial charge >= 0.3 is 0 Å². The van der Waals surface area contributed by atoms with Gasteiger partial charge in [0.15, 0.2) is 0 Å². The number of allylic oxidation sites excluding steroid dienone is 1. The Morgan fingerprint density at radius 3 is 1.07 bits per heavy atom. The van der Waals surface area contributed by atoms with Gasteiger partial charge in [-0.1, -0.05) is 0 Å². The number of hydrogen-bond donors (Lipinski definition) is 0. The van der Waals surface area contributed by atoms with Crippen LogP contribution in [-0.4, -0.2) is 17.0 Å². The summed E-state index contributed by atoms with van der Waals surface area (Å²) < 4.78 is 0. The molecule has 0 saturated heterocycles. The van der Waals surface area contributed by atoms with E-state index >= 15 is 0 Å². The maximum atomic E-state index is 3.25. The summed E-state index contributed by atoms with van der Waals surface area (Å²) in [4.78, 5) is 0. The molecule has 0 radical (unpaired) electrons. The Hall–Kier alpha value is 1.18. The molecule has 0 nitrogen and oxygen atoms in total. The molecule has 0 aromatic carbocycles. The normalized spacial score (nSPS) is 9.20. The van der Waals surface area contributed by atoms with Crippen LogP contribution in [0.1, 0.15) is 41.5 Å².